The minimum absolute atomic E-state index is 0.236. The number of esters is 1. The predicted octanol–water partition coefficient (Wildman–Crippen LogP) is 2.02. The van der Waals surface area contributed by atoms with Gasteiger partial charge in [-0.3, -0.25) is 0 Å². The first-order valence-electron chi connectivity index (χ1n) is 5.57. The van der Waals surface area contributed by atoms with Crippen molar-refractivity contribution in [1.82, 2.24) is 5.32 Å². The Morgan fingerprint density at radius 2 is 1.88 bits per heavy atom. The van der Waals surface area contributed by atoms with Crippen LogP contribution in [-0.2, 0) is 14.3 Å². The van der Waals surface area contributed by atoms with Gasteiger partial charge in [0.1, 0.15) is 5.60 Å². The second kappa shape index (κ2) is 6.93. The number of carbonyl (C=O) groups excluding carboxylic acids is 2. The second-order valence-corrected chi connectivity index (χ2v) is 4.49. The largest absolute Gasteiger partial charge is 0.463 e. The van der Waals surface area contributed by atoms with E-state index in [9.17, 15) is 9.59 Å². The molecule has 0 saturated heterocycles. The zero-order chi connectivity index (χ0) is 13.5. The van der Waals surface area contributed by atoms with Gasteiger partial charge in [-0.25, -0.2) is 9.59 Å². The summed E-state index contributed by atoms with van der Waals surface area (Å²) in [5.74, 6) is -0.376. The van der Waals surface area contributed by atoms with Gasteiger partial charge >= 0.3 is 12.1 Å². The fourth-order valence-electron chi connectivity index (χ4n) is 0.930. The molecule has 0 fully saturated rings. The monoisotopic (exact) mass is 243 g/mol. The molecule has 0 atom stereocenters. The van der Waals surface area contributed by atoms with E-state index < -0.39 is 11.7 Å². The topological polar surface area (TPSA) is 64.6 Å². The Kier molecular flexibility index (Phi) is 6.31. The molecule has 1 N–H and O–H groups in total. The molecule has 0 bridgehead atoms. The van der Waals surface area contributed by atoms with Crippen molar-refractivity contribution in [2.24, 2.45) is 0 Å². The third-order valence-corrected chi connectivity index (χ3v) is 1.65. The van der Waals surface area contributed by atoms with E-state index >= 15 is 0 Å². The van der Waals surface area contributed by atoms with Crippen LogP contribution in [0, 0.1) is 0 Å². The summed E-state index contributed by atoms with van der Waals surface area (Å²) in [6.45, 7) is 9.30. The number of hydrogen-bond acceptors (Lipinski definition) is 4. The first-order valence-corrected chi connectivity index (χ1v) is 5.57. The quantitative estimate of drug-likeness (QED) is 0.606. The minimum Gasteiger partial charge on any atom is -0.463 e. The molecule has 0 aromatic carbocycles. The van der Waals surface area contributed by atoms with Crippen LogP contribution < -0.4 is 5.32 Å². The predicted molar refractivity (Wildman–Crippen MR) is 64.6 cm³/mol. The van der Waals surface area contributed by atoms with Crippen molar-refractivity contribution in [2.75, 3.05) is 13.2 Å². The zero-order valence-corrected chi connectivity index (χ0v) is 11.1. The van der Waals surface area contributed by atoms with Crippen molar-refractivity contribution in [1.29, 1.82) is 0 Å². The number of nitrogens with one attached hydrogen (secondary N) is 1. The molecule has 0 rings (SSSR count). The van der Waals surface area contributed by atoms with Gasteiger partial charge < -0.3 is 14.8 Å². The SMILES string of the molecule is CCOC(=O)/C(C)=C\CNC(=O)OC(C)(C)C. The Hall–Kier alpha value is -1.52. The molecule has 0 aliphatic heterocycles. The lowest BCUT2D eigenvalue weighted by atomic mass is 10.2. The number of hydrogen-bond donors (Lipinski definition) is 1. The van der Waals surface area contributed by atoms with E-state index in [0.717, 1.165) is 0 Å². The van der Waals surface area contributed by atoms with E-state index in [1.807, 2.05) is 0 Å². The van der Waals surface area contributed by atoms with Crippen LogP contribution >= 0.6 is 0 Å². The summed E-state index contributed by atoms with van der Waals surface area (Å²) in [5.41, 5.74) is -0.0628. The summed E-state index contributed by atoms with van der Waals surface area (Å²) >= 11 is 0. The normalized spacial score (nSPS) is 11.9. The highest BCUT2D eigenvalue weighted by molar-refractivity contribution is 5.87. The first kappa shape index (κ1) is 15.5. The molecule has 98 valence electrons. The number of amides is 1. The molecule has 0 aromatic heterocycles. The van der Waals surface area contributed by atoms with Crippen LogP contribution in [0.1, 0.15) is 34.6 Å². The Labute approximate surface area is 102 Å². The van der Waals surface area contributed by atoms with Crippen LogP contribution in [0.3, 0.4) is 0 Å². The van der Waals surface area contributed by atoms with Crippen LogP contribution in [0.2, 0.25) is 0 Å². The lowest BCUT2D eigenvalue weighted by molar-refractivity contribution is -0.138. The van der Waals surface area contributed by atoms with E-state index in [1.165, 1.54) is 0 Å². The van der Waals surface area contributed by atoms with Gasteiger partial charge in [0.2, 0.25) is 0 Å². The lowest BCUT2D eigenvalue weighted by Crippen LogP contribution is -2.32. The summed E-state index contributed by atoms with van der Waals surface area (Å²) in [7, 11) is 0. The minimum atomic E-state index is -0.524. The molecule has 0 spiro atoms. The van der Waals surface area contributed by atoms with Crippen LogP contribution in [0.25, 0.3) is 0 Å². The molecule has 0 aromatic rings. The van der Waals surface area contributed by atoms with Gasteiger partial charge in [0.15, 0.2) is 0 Å². The number of alkyl carbamates (subject to hydrolysis) is 1. The molecule has 0 saturated carbocycles. The van der Waals surface area contributed by atoms with Gasteiger partial charge in [0.25, 0.3) is 0 Å². The van der Waals surface area contributed by atoms with Crippen LogP contribution in [0.5, 0.6) is 0 Å². The number of carbonyl (C=O) groups is 2. The molecular formula is C12H21NO4. The van der Waals surface area contributed by atoms with Crippen molar-refractivity contribution in [3.63, 3.8) is 0 Å². The second-order valence-electron chi connectivity index (χ2n) is 4.49. The molecule has 0 radical (unpaired) electrons. The van der Waals surface area contributed by atoms with Crippen molar-refractivity contribution in [3.05, 3.63) is 11.6 Å². The van der Waals surface area contributed by atoms with Crippen molar-refractivity contribution < 1.29 is 19.1 Å². The molecule has 0 aliphatic rings. The number of rotatable bonds is 4. The molecule has 5 nitrogen and oxygen atoms in total. The molecule has 0 heterocycles. The smallest absolute Gasteiger partial charge is 0.407 e. The first-order chi connectivity index (χ1) is 7.76. The van der Waals surface area contributed by atoms with Gasteiger partial charge in [0, 0.05) is 12.1 Å². The average molecular weight is 243 g/mol. The summed E-state index contributed by atoms with van der Waals surface area (Å²) in [5, 5.41) is 2.52. The third kappa shape index (κ3) is 8.30. The lowest BCUT2D eigenvalue weighted by Gasteiger charge is -2.19. The fourth-order valence-corrected chi connectivity index (χ4v) is 0.930. The van der Waals surface area contributed by atoms with Gasteiger partial charge in [-0.2, -0.15) is 0 Å². The highest BCUT2D eigenvalue weighted by Gasteiger charge is 2.15. The maximum absolute atomic E-state index is 11.3. The standard InChI is InChI=1S/C12H21NO4/c1-6-16-10(14)9(2)7-8-13-11(15)17-12(3,4)5/h7H,6,8H2,1-5H3,(H,13,15)/b9-7-. The third-order valence-electron chi connectivity index (χ3n) is 1.65. The molecule has 0 unspecified atom stereocenters. The summed E-state index contributed by atoms with van der Waals surface area (Å²) in [6.07, 6.45) is 1.08. The van der Waals surface area contributed by atoms with Crippen molar-refractivity contribution in [2.45, 2.75) is 40.2 Å². The number of ether oxygens (including phenoxy) is 2. The Balaban J connectivity index is 4.01. The van der Waals surface area contributed by atoms with E-state index in [4.69, 9.17) is 9.47 Å². The maximum atomic E-state index is 11.3. The summed E-state index contributed by atoms with van der Waals surface area (Å²) < 4.78 is 9.82. The van der Waals surface area contributed by atoms with Crippen LogP contribution in [0.15, 0.2) is 11.6 Å². The molecule has 17 heavy (non-hydrogen) atoms. The Morgan fingerprint density at radius 1 is 1.29 bits per heavy atom. The Morgan fingerprint density at radius 3 is 2.35 bits per heavy atom. The van der Waals surface area contributed by atoms with Gasteiger partial charge in [-0.15, -0.1) is 0 Å². The van der Waals surface area contributed by atoms with Gasteiger partial charge in [-0.1, -0.05) is 6.08 Å². The van der Waals surface area contributed by atoms with Crippen LogP contribution in [0.4, 0.5) is 4.79 Å². The molecule has 1 amide bonds. The summed E-state index contributed by atoms with van der Waals surface area (Å²) in [4.78, 5) is 22.5. The highest BCUT2D eigenvalue weighted by Crippen LogP contribution is 2.06. The van der Waals surface area contributed by atoms with Crippen molar-refractivity contribution >= 4 is 12.1 Å². The zero-order valence-electron chi connectivity index (χ0n) is 11.1. The highest BCUT2D eigenvalue weighted by atomic mass is 16.6. The van der Waals surface area contributed by atoms with E-state index in [0.29, 0.717) is 12.2 Å². The van der Waals surface area contributed by atoms with Gasteiger partial charge in [0.05, 0.1) is 6.61 Å². The van der Waals surface area contributed by atoms with Crippen molar-refractivity contribution in [3.8, 4) is 0 Å². The molecule has 0 aliphatic carbocycles. The van der Waals surface area contributed by atoms with Gasteiger partial charge in [-0.05, 0) is 34.6 Å². The fraction of sp³-hybridized carbons (Fsp3) is 0.667. The maximum Gasteiger partial charge on any atom is 0.407 e. The van der Waals surface area contributed by atoms with Crippen LogP contribution in [-0.4, -0.2) is 30.8 Å². The molecule has 5 heteroatoms. The summed E-state index contributed by atoms with van der Waals surface area (Å²) in [6, 6.07) is 0. The average Bonchev–Trinajstić information content (AvgIpc) is 2.14. The van der Waals surface area contributed by atoms with E-state index in [-0.39, 0.29) is 12.5 Å². The van der Waals surface area contributed by atoms with E-state index in [2.05, 4.69) is 5.32 Å². The Bertz CT molecular complexity index is 302. The molecular weight excluding hydrogens is 222 g/mol. The van der Waals surface area contributed by atoms with E-state index in [1.54, 1.807) is 40.7 Å².